The van der Waals surface area contributed by atoms with E-state index in [9.17, 15) is 9.59 Å². The number of primary amides is 1. The number of nitrogens with zero attached hydrogens (tertiary/aromatic N) is 2. The van der Waals surface area contributed by atoms with Gasteiger partial charge in [-0.15, -0.1) is 0 Å². The Morgan fingerprint density at radius 3 is 2.59 bits per heavy atom. The third-order valence-electron chi connectivity index (χ3n) is 3.88. The van der Waals surface area contributed by atoms with Crippen LogP contribution in [0.3, 0.4) is 0 Å². The van der Waals surface area contributed by atoms with Gasteiger partial charge in [0.1, 0.15) is 23.8 Å². The number of benzene rings is 1. The molecule has 0 aliphatic carbocycles. The van der Waals surface area contributed by atoms with E-state index in [0.29, 0.717) is 5.76 Å². The van der Waals surface area contributed by atoms with Gasteiger partial charge in [0.2, 0.25) is 0 Å². The van der Waals surface area contributed by atoms with E-state index in [1.54, 1.807) is 13.1 Å². The van der Waals surface area contributed by atoms with Crippen molar-refractivity contribution in [3.8, 4) is 5.75 Å². The van der Waals surface area contributed by atoms with E-state index in [1.807, 2.05) is 26.0 Å². The zero-order valence-electron chi connectivity index (χ0n) is 15.3. The highest BCUT2D eigenvalue weighted by Crippen LogP contribution is 2.19. The topological polar surface area (TPSA) is 112 Å². The average molecular weight is 368 g/mol. The largest absolute Gasteiger partial charge is 0.486 e. The van der Waals surface area contributed by atoms with Gasteiger partial charge in [0.25, 0.3) is 11.8 Å². The minimum atomic E-state index is -0.688. The number of anilines is 1. The Morgan fingerprint density at radius 2 is 1.93 bits per heavy atom. The Hall–Kier alpha value is -3.55. The molecule has 0 radical (unpaired) electrons. The maximum absolute atomic E-state index is 12.3. The van der Waals surface area contributed by atoms with Gasteiger partial charge in [-0.05, 0) is 49.2 Å². The van der Waals surface area contributed by atoms with Crippen LogP contribution in [0.25, 0.3) is 0 Å². The van der Waals surface area contributed by atoms with Crippen molar-refractivity contribution in [1.82, 2.24) is 9.78 Å². The van der Waals surface area contributed by atoms with Crippen molar-refractivity contribution < 1.29 is 18.7 Å². The molecule has 0 unspecified atom stereocenters. The SMILES string of the molecule is Cc1cc(C)cc(OCc2ccc(C(=O)Nc3cnn(C)c3C(N)=O)o2)c1. The highest BCUT2D eigenvalue weighted by atomic mass is 16.5. The van der Waals surface area contributed by atoms with Gasteiger partial charge in [-0.3, -0.25) is 14.3 Å². The molecule has 0 saturated carbocycles. The second kappa shape index (κ2) is 7.36. The van der Waals surface area contributed by atoms with E-state index in [1.165, 1.54) is 16.9 Å². The van der Waals surface area contributed by atoms with Gasteiger partial charge < -0.3 is 20.2 Å². The van der Waals surface area contributed by atoms with Crippen molar-refractivity contribution >= 4 is 17.5 Å². The van der Waals surface area contributed by atoms with Crippen molar-refractivity contribution in [3.05, 3.63) is 64.9 Å². The summed E-state index contributed by atoms with van der Waals surface area (Å²) >= 11 is 0. The summed E-state index contributed by atoms with van der Waals surface area (Å²) in [6.07, 6.45) is 1.35. The van der Waals surface area contributed by atoms with Crippen LogP contribution in [0.2, 0.25) is 0 Å². The lowest BCUT2D eigenvalue weighted by molar-refractivity contribution is 0.0992. The highest BCUT2D eigenvalue weighted by Gasteiger charge is 2.18. The van der Waals surface area contributed by atoms with Crippen molar-refractivity contribution in [1.29, 1.82) is 0 Å². The molecule has 0 atom stereocenters. The van der Waals surface area contributed by atoms with Crippen LogP contribution in [0, 0.1) is 13.8 Å². The molecular weight excluding hydrogens is 348 g/mol. The third kappa shape index (κ3) is 4.17. The number of furan rings is 1. The number of nitrogens with two attached hydrogens (primary N) is 1. The first kappa shape index (κ1) is 18.2. The summed E-state index contributed by atoms with van der Waals surface area (Å²) in [5.74, 6) is 0.126. The standard InChI is InChI=1S/C19H20N4O4/c1-11-6-12(2)8-14(7-11)26-10-13-4-5-16(27-13)19(25)22-15-9-21-23(3)17(15)18(20)24/h4-9H,10H2,1-3H3,(H2,20,24)(H,22,25). The molecule has 0 aliphatic rings. The second-order valence-electron chi connectivity index (χ2n) is 6.23. The number of ether oxygens (including phenoxy) is 1. The molecule has 0 fully saturated rings. The Morgan fingerprint density at radius 1 is 1.22 bits per heavy atom. The van der Waals surface area contributed by atoms with Crippen LogP contribution in [-0.4, -0.2) is 21.6 Å². The molecule has 27 heavy (non-hydrogen) atoms. The fourth-order valence-corrected chi connectivity index (χ4v) is 2.75. The molecule has 0 aliphatic heterocycles. The van der Waals surface area contributed by atoms with E-state index in [4.69, 9.17) is 14.9 Å². The fourth-order valence-electron chi connectivity index (χ4n) is 2.75. The molecule has 8 nitrogen and oxygen atoms in total. The Bertz CT molecular complexity index is 983. The number of carbonyl (C=O) groups is 2. The van der Waals surface area contributed by atoms with Gasteiger partial charge in [-0.1, -0.05) is 6.07 Å². The van der Waals surface area contributed by atoms with Crippen LogP contribution in [0.5, 0.6) is 5.75 Å². The molecule has 2 heterocycles. The number of rotatable bonds is 6. The van der Waals surface area contributed by atoms with Gasteiger partial charge in [0.15, 0.2) is 5.76 Å². The Labute approximate surface area is 155 Å². The van der Waals surface area contributed by atoms with Gasteiger partial charge >= 0.3 is 0 Å². The average Bonchev–Trinajstić information content (AvgIpc) is 3.19. The number of amides is 2. The van der Waals surface area contributed by atoms with Crippen LogP contribution in [0.4, 0.5) is 5.69 Å². The van der Waals surface area contributed by atoms with Crippen molar-refractivity contribution in [2.45, 2.75) is 20.5 Å². The molecule has 140 valence electrons. The second-order valence-corrected chi connectivity index (χ2v) is 6.23. The predicted octanol–water partition coefficient (Wildman–Crippen LogP) is 2.56. The molecule has 3 aromatic rings. The van der Waals surface area contributed by atoms with Crippen LogP contribution in [-0.2, 0) is 13.7 Å². The molecule has 8 heteroatoms. The normalized spacial score (nSPS) is 10.6. The van der Waals surface area contributed by atoms with Gasteiger partial charge in [0, 0.05) is 7.05 Å². The number of hydrogen-bond acceptors (Lipinski definition) is 5. The van der Waals surface area contributed by atoms with Gasteiger partial charge in [0.05, 0.1) is 11.9 Å². The lowest BCUT2D eigenvalue weighted by Gasteiger charge is -2.07. The first-order valence-electron chi connectivity index (χ1n) is 8.26. The van der Waals surface area contributed by atoms with Crippen molar-refractivity contribution in [2.24, 2.45) is 12.8 Å². The predicted molar refractivity (Wildman–Crippen MR) is 98.6 cm³/mol. The molecule has 3 N–H and O–H groups in total. The minimum Gasteiger partial charge on any atom is -0.486 e. The van der Waals surface area contributed by atoms with E-state index >= 15 is 0 Å². The maximum atomic E-state index is 12.3. The van der Waals surface area contributed by atoms with Gasteiger partial charge in [-0.25, -0.2) is 0 Å². The van der Waals surface area contributed by atoms with E-state index in [0.717, 1.165) is 16.9 Å². The Balaban J connectivity index is 1.66. The number of hydrogen-bond donors (Lipinski definition) is 2. The van der Waals surface area contributed by atoms with Crippen LogP contribution < -0.4 is 15.8 Å². The molecule has 0 spiro atoms. The van der Waals surface area contributed by atoms with E-state index in [-0.39, 0.29) is 23.7 Å². The van der Waals surface area contributed by atoms with E-state index < -0.39 is 11.8 Å². The third-order valence-corrected chi connectivity index (χ3v) is 3.88. The lowest BCUT2D eigenvalue weighted by atomic mass is 10.1. The number of aryl methyl sites for hydroxylation is 3. The smallest absolute Gasteiger partial charge is 0.291 e. The summed E-state index contributed by atoms with van der Waals surface area (Å²) in [4.78, 5) is 23.8. The monoisotopic (exact) mass is 368 g/mol. The fraction of sp³-hybridized carbons (Fsp3) is 0.211. The molecular formula is C19H20N4O4. The highest BCUT2D eigenvalue weighted by molar-refractivity contribution is 6.06. The summed E-state index contributed by atoms with van der Waals surface area (Å²) in [7, 11) is 1.56. The summed E-state index contributed by atoms with van der Waals surface area (Å²) in [5, 5.41) is 6.49. The van der Waals surface area contributed by atoms with Crippen molar-refractivity contribution in [3.63, 3.8) is 0 Å². The van der Waals surface area contributed by atoms with Gasteiger partial charge in [-0.2, -0.15) is 5.10 Å². The zero-order chi connectivity index (χ0) is 19.6. The number of aromatic nitrogens is 2. The molecule has 0 bridgehead atoms. The maximum Gasteiger partial charge on any atom is 0.291 e. The molecule has 2 aromatic heterocycles. The minimum absolute atomic E-state index is 0.0910. The van der Waals surface area contributed by atoms with Crippen LogP contribution in [0.15, 0.2) is 40.9 Å². The summed E-state index contributed by atoms with van der Waals surface area (Å²) in [6.45, 7) is 4.18. The Kier molecular flexibility index (Phi) is 4.98. The molecule has 0 saturated heterocycles. The van der Waals surface area contributed by atoms with Crippen molar-refractivity contribution in [2.75, 3.05) is 5.32 Å². The summed E-state index contributed by atoms with van der Waals surface area (Å²) < 4.78 is 12.5. The lowest BCUT2D eigenvalue weighted by Crippen LogP contribution is -2.20. The molecule has 1 aromatic carbocycles. The van der Waals surface area contributed by atoms with E-state index in [2.05, 4.69) is 16.5 Å². The molecule has 3 rings (SSSR count). The number of nitrogens with one attached hydrogen (secondary N) is 1. The quantitative estimate of drug-likeness (QED) is 0.694. The first-order chi connectivity index (χ1) is 12.8. The summed E-state index contributed by atoms with van der Waals surface area (Å²) in [6, 6.07) is 9.11. The van der Waals surface area contributed by atoms with Crippen LogP contribution in [0.1, 0.15) is 37.9 Å². The summed E-state index contributed by atoms with van der Waals surface area (Å²) in [5.41, 5.74) is 7.84. The molecule has 2 amide bonds. The number of carbonyl (C=O) groups excluding carboxylic acids is 2. The van der Waals surface area contributed by atoms with Crippen LogP contribution >= 0.6 is 0 Å². The first-order valence-corrected chi connectivity index (χ1v) is 8.26. The zero-order valence-corrected chi connectivity index (χ0v) is 15.3.